The molecular weight excluding hydrogens is 161 g/mol. The van der Waals surface area contributed by atoms with Gasteiger partial charge in [-0.05, 0) is 29.5 Å². The largest absolute Gasteiger partial charge is 0.399 e. The molecule has 0 spiro atoms. The second-order valence-electron chi connectivity index (χ2n) is 1.76. The van der Waals surface area contributed by atoms with Crippen LogP contribution in [0.2, 0.25) is 0 Å². The zero-order valence-corrected chi connectivity index (χ0v) is 6.18. The number of benzene rings is 1. The van der Waals surface area contributed by atoms with Crippen molar-refractivity contribution in [1.29, 1.82) is 0 Å². The number of anilines is 1. The van der Waals surface area contributed by atoms with Gasteiger partial charge in [-0.3, -0.25) is 5.84 Å². The number of halogens is 1. The van der Waals surface area contributed by atoms with E-state index in [1.54, 1.807) is 0 Å². The second-order valence-corrected chi connectivity index (χ2v) is 1.76. The average molecular weight is 169 g/mol. The van der Waals surface area contributed by atoms with Gasteiger partial charge in [0.2, 0.25) is 0 Å². The summed E-state index contributed by atoms with van der Waals surface area (Å²) in [4.78, 5) is 2.14. The predicted molar refractivity (Wildman–Crippen MR) is 44.1 cm³/mol. The fourth-order valence-corrected chi connectivity index (χ4v) is 0.463. The molecule has 0 saturated carbocycles. The lowest BCUT2D eigenvalue weighted by Crippen LogP contribution is -1.82. The molecule has 1 aromatic rings. The van der Waals surface area contributed by atoms with Crippen molar-refractivity contribution in [2.24, 2.45) is 11.1 Å². The lowest BCUT2D eigenvalue weighted by molar-refractivity contribution is 0.628. The van der Waals surface area contributed by atoms with Crippen LogP contribution in [0.4, 0.5) is 10.1 Å². The summed E-state index contributed by atoms with van der Waals surface area (Å²) in [7, 11) is 0. The van der Waals surface area contributed by atoms with Gasteiger partial charge in [0.15, 0.2) is 0 Å². The molecule has 4 N–H and O–H groups in total. The summed E-state index contributed by atoms with van der Waals surface area (Å²) in [5.74, 6) is 3.99. The highest BCUT2D eigenvalue weighted by atomic mass is 19.1. The Kier molecular flexibility index (Phi) is 4.88. The molecule has 0 aliphatic rings. The average Bonchev–Trinajstić information content (AvgIpc) is 2.11. The molecular formula is C6H8FN5. The van der Waals surface area contributed by atoms with E-state index >= 15 is 0 Å². The summed E-state index contributed by atoms with van der Waals surface area (Å²) in [6, 6.07) is 5.70. The van der Waals surface area contributed by atoms with E-state index in [1.807, 2.05) is 0 Å². The topological polar surface area (TPSA) is 101 Å². The first-order valence-corrected chi connectivity index (χ1v) is 2.96. The van der Waals surface area contributed by atoms with E-state index in [9.17, 15) is 4.39 Å². The van der Waals surface area contributed by atoms with Crippen LogP contribution >= 0.6 is 0 Å². The molecule has 0 atom stereocenters. The van der Waals surface area contributed by atoms with Gasteiger partial charge in [0.25, 0.3) is 0 Å². The van der Waals surface area contributed by atoms with Crippen LogP contribution in [0.3, 0.4) is 0 Å². The molecule has 0 fully saturated rings. The molecule has 64 valence electrons. The highest BCUT2D eigenvalue weighted by Crippen LogP contribution is 2.01. The van der Waals surface area contributed by atoms with Crippen LogP contribution in [0.25, 0.3) is 10.4 Å². The second kappa shape index (κ2) is 5.82. The number of nitrogens with two attached hydrogens (primary N) is 2. The molecule has 0 aliphatic carbocycles. The van der Waals surface area contributed by atoms with E-state index in [4.69, 9.17) is 11.3 Å². The molecule has 12 heavy (non-hydrogen) atoms. The molecule has 0 radical (unpaired) electrons. The van der Waals surface area contributed by atoms with Gasteiger partial charge in [-0.2, -0.15) is 4.91 Å². The van der Waals surface area contributed by atoms with Crippen LogP contribution in [0.15, 0.2) is 29.5 Å². The number of hydrogen-bond donors (Lipinski definition) is 2. The van der Waals surface area contributed by atoms with Gasteiger partial charge in [0, 0.05) is 5.69 Å². The Morgan fingerprint density at radius 3 is 2.00 bits per heavy atom. The zero-order chi connectivity index (χ0) is 9.40. The van der Waals surface area contributed by atoms with Crippen molar-refractivity contribution >= 4 is 5.69 Å². The van der Waals surface area contributed by atoms with E-state index in [-0.39, 0.29) is 5.82 Å². The Hall–Kier alpha value is -1.94. The van der Waals surface area contributed by atoms with Gasteiger partial charge in [0.05, 0.1) is 0 Å². The van der Waals surface area contributed by atoms with Crippen LogP contribution in [-0.2, 0) is 0 Å². The van der Waals surface area contributed by atoms with Crippen molar-refractivity contribution in [3.05, 3.63) is 40.5 Å². The molecule has 0 aliphatic heterocycles. The first-order valence-electron chi connectivity index (χ1n) is 2.96. The number of nitrogens with zero attached hydrogens (tertiary/aromatic N) is 3. The molecule has 1 rings (SSSR count). The van der Waals surface area contributed by atoms with Gasteiger partial charge in [0.1, 0.15) is 5.82 Å². The summed E-state index contributed by atoms with van der Waals surface area (Å²) in [6.07, 6.45) is 0. The fourth-order valence-electron chi connectivity index (χ4n) is 0.463. The van der Waals surface area contributed by atoms with Gasteiger partial charge < -0.3 is 5.73 Å². The SMILES string of the molecule is Nc1ccc(F)cc1.[N-]=[N+]=NN. The van der Waals surface area contributed by atoms with Gasteiger partial charge >= 0.3 is 0 Å². The third-order valence-corrected chi connectivity index (χ3v) is 0.922. The third kappa shape index (κ3) is 4.89. The molecule has 0 unspecified atom stereocenters. The molecule has 0 aromatic heterocycles. The minimum atomic E-state index is -0.251. The van der Waals surface area contributed by atoms with Gasteiger partial charge in [-0.1, -0.05) is 0 Å². The van der Waals surface area contributed by atoms with Crippen molar-refractivity contribution < 1.29 is 4.39 Å². The van der Waals surface area contributed by atoms with Crippen LogP contribution < -0.4 is 11.6 Å². The number of rotatable bonds is 0. The zero-order valence-electron chi connectivity index (χ0n) is 6.18. The number of azide groups is 1. The Morgan fingerprint density at radius 1 is 1.33 bits per heavy atom. The minimum absolute atomic E-state index is 0.251. The van der Waals surface area contributed by atoms with E-state index in [0.29, 0.717) is 5.69 Å². The van der Waals surface area contributed by atoms with Gasteiger partial charge in [-0.15, -0.1) is 5.53 Å². The van der Waals surface area contributed by atoms with Crippen LogP contribution in [0.5, 0.6) is 0 Å². The third-order valence-electron chi connectivity index (χ3n) is 0.922. The monoisotopic (exact) mass is 169 g/mol. The minimum Gasteiger partial charge on any atom is -0.399 e. The molecule has 0 heterocycles. The lowest BCUT2D eigenvalue weighted by atomic mass is 10.3. The summed E-state index contributed by atoms with van der Waals surface area (Å²) in [5.41, 5.74) is 13.1. The fraction of sp³-hybridized carbons (Fsp3) is 0. The first-order chi connectivity index (χ1) is 5.70. The highest BCUT2D eigenvalue weighted by molar-refractivity contribution is 5.36. The molecule has 5 nitrogen and oxygen atoms in total. The van der Waals surface area contributed by atoms with Crippen LogP contribution in [0.1, 0.15) is 0 Å². The number of nitrogen functional groups attached to an aromatic ring is 1. The molecule has 6 heteroatoms. The molecule has 0 saturated heterocycles. The van der Waals surface area contributed by atoms with E-state index in [0.717, 1.165) is 0 Å². The summed E-state index contributed by atoms with van der Waals surface area (Å²) in [5, 5.41) is 2.42. The highest BCUT2D eigenvalue weighted by Gasteiger charge is 1.83. The van der Waals surface area contributed by atoms with E-state index in [2.05, 4.69) is 16.0 Å². The Balaban J connectivity index is 0.000000261. The molecule has 0 amide bonds. The standard InChI is InChI=1S/C6H6FN.H2N4/c7-5-1-3-6(8)4-2-5;1-3-4-2/h1-4H,8H2;1H2. The molecule has 1 aromatic carbocycles. The summed E-state index contributed by atoms with van der Waals surface area (Å²) < 4.78 is 12.0. The van der Waals surface area contributed by atoms with Crippen molar-refractivity contribution in [3.63, 3.8) is 0 Å². The van der Waals surface area contributed by atoms with E-state index < -0.39 is 0 Å². The Morgan fingerprint density at radius 2 is 1.75 bits per heavy atom. The predicted octanol–water partition coefficient (Wildman–Crippen LogP) is 1.58. The number of hydrogen-bond acceptors (Lipinski definition) is 2. The maximum absolute atomic E-state index is 12.0. The van der Waals surface area contributed by atoms with Crippen molar-refractivity contribution in [3.8, 4) is 0 Å². The van der Waals surface area contributed by atoms with E-state index in [1.165, 1.54) is 24.3 Å². The lowest BCUT2D eigenvalue weighted by Gasteiger charge is -1.87. The van der Waals surface area contributed by atoms with Crippen molar-refractivity contribution in [1.82, 2.24) is 0 Å². The summed E-state index contributed by atoms with van der Waals surface area (Å²) in [6.45, 7) is 0. The van der Waals surface area contributed by atoms with Crippen molar-refractivity contribution in [2.75, 3.05) is 5.73 Å². The van der Waals surface area contributed by atoms with Crippen LogP contribution in [-0.4, -0.2) is 0 Å². The molecule has 0 bridgehead atoms. The maximum Gasteiger partial charge on any atom is 0.123 e. The van der Waals surface area contributed by atoms with Crippen molar-refractivity contribution in [2.45, 2.75) is 0 Å². The first kappa shape index (κ1) is 10.1. The van der Waals surface area contributed by atoms with Gasteiger partial charge in [-0.25, -0.2) is 4.39 Å². The summed E-state index contributed by atoms with van der Waals surface area (Å²) >= 11 is 0. The maximum atomic E-state index is 12.0. The Labute approximate surface area is 68.4 Å². The Bertz CT molecular complexity index is 243. The quantitative estimate of drug-likeness (QED) is 0.154. The smallest absolute Gasteiger partial charge is 0.123 e. The normalized spacial score (nSPS) is 7.42. The van der Waals surface area contributed by atoms with Crippen LogP contribution in [0, 0.1) is 5.82 Å².